The molecule has 0 unspecified atom stereocenters. The lowest BCUT2D eigenvalue weighted by Gasteiger charge is -2.16. The number of carbonyl (C=O) groups is 1. The zero-order valence-corrected chi connectivity index (χ0v) is 16.5. The number of carbonyl (C=O) groups excluding carboxylic acids is 1. The summed E-state index contributed by atoms with van der Waals surface area (Å²) in [5.41, 5.74) is 3.23. The van der Waals surface area contributed by atoms with Crippen LogP contribution in [0.15, 0.2) is 53.9 Å². The van der Waals surface area contributed by atoms with Gasteiger partial charge in [0.05, 0.1) is 12.8 Å². The number of nitrogens with zero attached hydrogens (tertiary/aromatic N) is 2. The first-order valence-electron chi connectivity index (χ1n) is 8.91. The Morgan fingerprint density at radius 1 is 1.15 bits per heavy atom. The molecule has 2 aromatic carbocycles. The zero-order chi connectivity index (χ0) is 19.2. The monoisotopic (exact) mass is 381 g/mol. The van der Waals surface area contributed by atoms with Gasteiger partial charge in [0.25, 0.3) is 5.91 Å². The SMILES string of the molecule is CCN(CC)c1nc(-c2cccc(NC(=O)c3ccc(OC)cc3)c2)cs1. The fraction of sp³-hybridized carbons (Fsp3) is 0.238. The molecule has 3 aromatic rings. The van der Waals surface area contributed by atoms with Crippen molar-refractivity contribution in [1.29, 1.82) is 0 Å². The molecule has 1 aromatic heterocycles. The van der Waals surface area contributed by atoms with Crippen molar-refractivity contribution < 1.29 is 9.53 Å². The van der Waals surface area contributed by atoms with Crippen molar-refractivity contribution in [1.82, 2.24) is 4.98 Å². The van der Waals surface area contributed by atoms with Crippen LogP contribution < -0.4 is 15.0 Å². The van der Waals surface area contributed by atoms with Crippen molar-refractivity contribution in [2.45, 2.75) is 13.8 Å². The van der Waals surface area contributed by atoms with E-state index in [1.54, 1.807) is 42.7 Å². The predicted molar refractivity (Wildman–Crippen MR) is 112 cm³/mol. The highest BCUT2D eigenvalue weighted by atomic mass is 32.1. The van der Waals surface area contributed by atoms with Crippen LogP contribution in [-0.4, -0.2) is 31.1 Å². The van der Waals surface area contributed by atoms with Crippen molar-refractivity contribution in [2.75, 3.05) is 30.4 Å². The van der Waals surface area contributed by atoms with Crippen molar-refractivity contribution >= 4 is 28.1 Å². The Balaban J connectivity index is 1.76. The number of ether oxygens (including phenoxy) is 1. The summed E-state index contributed by atoms with van der Waals surface area (Å²) in [6.07, 6.45) is 0. The van der Waals surface area contributed by atoms with Crippen LogP contribution in [-0.2, 0) is 0 Å². The van der Waals surface area contributed by atoms with E-state index in [4.69, 9.17) is 9.72 Å². The van der Waals surface area contributed by atoms with Gasteiger partial charge >= 0.3 is 0 Å². The van der Waals surface area contributed by atoms with Crippen molar-refractivity contribution in [3.63, 3.8) is 0 Å². The number of thiazole rings is 1. The molecule has 0 fully saturated rings. The molecule has 0 bridgehead atoms. The summed E-state index contributed by atoms with van der Waals surface area (Å²) in [5.74, 6) is 0.568. The second-order valence-electron chi connectivity index (χ2n) is 5.95. The minimum atomic E-state index is -0.156. The first kappa shape index (κ1) is 18.9. The number of benzene rings is 2. The topological polar surface area (TPSA) is 54.5 Å². The van der Waals surface area contributed by atoms with Crippen LogP contribution in [0.1, 0.15) is 24.2 Å². The smallest absolute Gasteiger partial charge is 0.255 e. The van der Waals surface area contributed by atoms with E-state index in [9.17, 15) is 4.79 Å². The highest BCUT2D eigenvalue weighted by Gasteiger charge is 2.11. The fourth-order valence-electron chi connectivity index (χ4n) is 2.74. The molecular weight excluding hydrogens is 358 g/mol. The first-order valence-corrected chi connectivity index (χ1v) is 9.78. The summed E-state index contributed by atoms with van der Waals surface area (Å²) >= 11 is 1.64. The van der Waals surface area contributed by atoms with Gasteiger partial charge in [-0.25, -0.2) is 4.98 Å². The van der Waals surface area contributed by atoms with Gasteiger partial charge in [0.2, 0.25) is 0 Å². The lowest BCUT2D eigenvalue weighted by atomic mass is 10.1. The molecule has 0 saturated heterocycles. The third-order valence-corrected chi connectivity index (χ3v) is 5.20. The van der Waals surface area contributed by atoms with Gasteiger partial charge in [0.15, 0.2) is 5.13 Å². The molecule has 5 nitrogen and oxygen atoms in total. The Bertz CT molecular complexity index is 902. The van der Waals surface area contributed by atoms with Gasteiger partial charge < -0.3 is 15.0 Å². The summed E-state index contributed by atoms with van der Waals surface area (Å²) in [6.45, 7) is 6.11. The first-order chi connectivity index (χ1) is 13.1. The molecule has 140 valence electrons. The molecule has 0 atom stereocenters. The van der Waals surface area contributed by atoms with E-state index in [1.807, 2.05) is 24.3 Å². The molecule has 0 spiro atoms. The van der Waals surface area contributed by atoms with Gasteiger partial charge in [-0.15, -0.1) is 11.3 Å². The van der Waals surface area contributed by atoms with E-state index in [2.05, 4.69) is 29.4 Å². The molecule has 0 aliphatic rings. The molecule has 1 heterocycles. The van der Waals surface area contributed by atoms with Crippen LogP contribution in [0.5, 0.6) is 5.75 Å². The summed E-state index contributed by atoms with van der Waals surface area (Å²) in [4.78, 5) is 19.4. The second kappa shape index (κ2) is 8.68. The molecule has 1 amide bonds. The molecule has 0 aliphatic carbocycles. The number of methoxy groups -OCH3 is 1. The number of nitrogens with one attached hydrogen (secondary N) is 1. The molecule has 0 radical (unpaired) electrons. The van der Waals surface area contributed by atoms with E-state index in [0.29, 0.717) is 5.56 Å². The van der Waals surface area contributed by atoms with Crippen LogP contribution in [0.3, 0.4) is 0 Å². The van der Waals surface area contributed by atoms with Crippen molar-refractivity contribution in [3.8, 4) is 17.0 Å². The second-order valence-corrected chi connectivity index (χ2v) is 6.79. The maximum atomic E-state index is 12.5. The number of rotatable bonds is 7. The lowest BCUT2D eigenvalue weighted by molar-refractivity contribution is 0.102. The average Bonchev–Trinajstić information content (AvgIpc) is 3.19. The van der Waals surface area contributed by atoms with Gasteiger partial charge in [0, 0.05) is 35.3 Å². The molecule has 27 heavy (non-hydrogen) atoms. The third kappa shape index (κ3) is 4.46. The van der Waals surface area contributed by atoms with E-state index in [-0.39, 0.29) is 5.91 Å². The number of amides is 1. The number of hydrogen-bond acceptors (Lipinski definition) is 5. The standard InChI is InChI=1S/C21H23N3O2S/c1-4-24(5-2)21-23-19(14-27-21)16-7-6-8-17(13-16)22-20(25)15-9-11-18(26-3)12-10-15/h6-14H,4-5H2,1-3H3,(H,22,25). The molecular formula is C21H23N3O2S. The number of aromatic nitrogens is 1. The maximum Gasteiger partial charge on any atom is 0.255 e. The van der Waals surface area contributed by atoms with Crippen LogP contribution in [0.25, 0.3) is 11.3 Å². The lowest BCUT2D eigenvalue weighted by Crippen LogP contribution is -2.21. The molecule has 3 rings (SSSR count). The minimum absolute atomic E-state index is 0.156. The van der Waals surface area contributed by atoms with Crippen molar-refractivity contribution in [2.24, 2.45) is 0 Å². The average molecular weight is 382 g/mol. The zero-order valence-electron chi connectivity index (χ0n) is 15.7. The highest BCUT2D eigenvalue weighted by molar-refractivity contribution is 7.14. The van der Waals surface area contributed by atoms with Crippen LogP contribution in [0.2, 0.25) is 0 Å². The predicted octanol–water partition coefficient (Wildman–Crippen LogP) is 4.92. The number of anilines is 2. The molecule has 6 heteroatoms. The van der Waals surface area contributed by atoms with Gasteiger partial charge in [0.1, 0.15) is 5.75 Å². The van der Waals surface area contributed by atoms with Crippen LogP contribution in [0.4, 0.5) is 10.8 Å². The summed E-state index contributed by atoms with van der Waals surface area (Å²) in [6, 6.07) is 14.8. The van der Waals surface area contributed by atoms with E-state index < -0.39 is 0 Å². The fourth-order valence-corrected chi connectivity index (χ4v) is 3.70. The maximum absolute atomic E-state index is 12.5. The largest absolute Gasteiger partial charge is 0.497 e. The van der Waals surface area contributed by atoms with E-state index >= 15 is 0 Å². The number of hydrogen-bond donors (Lipinski definition) is 1. The normalized spacial score (nSPS) is 10.5. The van der Waals surface area contributed by atoms with Crippen LogP contribution in [0, 0.1) is 0 Å². The van der Waals surface area contributed by atoms with E-state index in [1.165, 1.54) is 0 Å². The quantitative estimate of drug-likeness (QED) is 0.631. The van der Waals surface area contributed by atoms with Gasteiger partial charge in [-0.05, 0) is 50.2 Å². The Morgan fingerprint density at radius 3 is 2.56 bits per heavy atom. The summed E-state index contributed by atoms with van der Waals surface area (Å²) < 4.78 is 5.13. The van der Waals surface area contributed by atoms with E-state index in [0.717, 1.165) is 40.9 Å². The van der Waals surface area contributed by atoms with Gasteiger partial charge in [-0.2, -0.15) is 0 Å². The Morgan fingerprint density at radius 2 is 1.89 bits per heavy atom. The Kier molecular flexibility index (Phi) is 6.08. The third-order valence-electron chi connectivity index (χ3n) is 4.29. The molecule has 1 N–H and O–H groups in total. The van der Waals surface area contributed by atoms with Gasteiger partial charge in [-0.3, -0.25) is 4.79 Å². The van der Waals surface area contributed by atoms with Crippen molar-refractivity contribution in [3.05, 3.63) is 59.5 Å². The molecule has 0 aliphatic heterocycles. The summed E-state index contributed by atoms with van der Waals surface area (Å²) in [5, 5.41) is 6.01. The summed E-state index contributed by atoms with van der Waals surface area (Å²) in [7, 11) is 1.60. The minimum Gasteiger partial charge on any atom is -0.497 e. The highest BCUT2D eigenvalue weighted by Crippen LogP contribution is 2.29. The van der Waals surface area contributed by atoms with Crippen LogP contribution >= 0.6 is 11.3 Å². The molecule has 0 saturated carbocycles. The Hall–Kier alpha value is -2.86. The van der Waals surface area contributed by atoms with Gasteiger partial charge in [-0.1, -0.05) is 12.1 Å². The Labute approximate surface area is 163 Å².